The SMILES string of the molecule is Cc1ccc(N2C[C@]3(CCN(C(=O)N4CCCC4)C3)CC2=O)s1. The lowest BCUT2D eigenvalue weighted by Crippen LogP contribution is -2.42. The highest BCUT2D eigenvalue weighted by molar-refractivity contribution is 7.16. The Kier molecular flexibility index (Phi) is 3.59. The maximum atomic E-state index is 12.6. The Morgan fingerprint density at radius 1 is 1.13 bits per heavy atom. The summed E-state index contributed by atoms with van der Waals surface area (Å²) in [6.07, 6.45) is 3.76. The Morgan fingerprint density at radius 3 is 2.61 bits per heavy atom. The molecule has 4 rings (SSSR count). The molecule has 1 aromatic rings. The van der Waals surface area contributed by atoms with E-state index in [0.717, 1.165) is 57.0 Å². The average molecular weight is 333 g/mol. The van der Waals surface area contributed by atoms with Crippen LogP contribution in [-0.2, 0) is 4.79 Å². The van der Waals surface area contributed by atoms with Crippen LogP contribution in [-0.4, -0.2) is 54.5 Å². The number of thiophene rings is 1. The number of carbonyl (C=O) groups excluding carboxylic acids is 2. The summed E-state index contributed by atoms with van der Waals surface area (Å²) < 4.78 is 0. The molecule has 4 heterocycles. The minimum Gasteiger partial charge on any atom is -0.325 e. The Hall–Kier alpha value is -1.56. The van der Waals surface area contributed by atoms with Gasteiger partial charge < -0.3 is 14.7 Å². The second kappa shape index (κ2) is 5.51. The lowest BCUT2D eigenvalue weighted by molar-refractivity contribution is -0.117. The van der Waals surface area contributed by atoms with Crippen molar-refractivity contribution < 1.29 is 9.59 Å². The number of nitrogens with zero attached hydrogens (tertiary/aromatic N) is 3. The third kappa shape index (κ3) is 2.63. The summed E-state index contributed by atoms with van der Waals surface area (Å²) >= 11 is 1.67. The normalized spacial score (nSPS) is 27.7. The number of anilines is 1. The fourth-order valence-corrected chi connectivity index (χ4v) is 5.02. The smallest absolute Gasteiger partial charge is 0.320 e. The van der Waals surface area contributed by atoms with Crippen molar-refractivity contribution in [3.63, 3.8) is 0 Å². The van der Waals surface area contributed by atoms with E-state index < -0.39 is 0 Å². The molecule has 0 saturated carbocycles. The Bertz CT molecular complexity index is 638. The molecule has 0 aromatic carbocycles. The molecule has 0 bridgehead atoms. The van der Waals surface area contributed by atoms with E-state index in [1.54, 1.807) is 11.3 Å². The van der Waals surface area contributed by atoms with Gasteiger partial charge in [-0.05, 0) is 38.3 Å². The molecular weight excluding hydrogens is 310 g/mol. The molecule has 3 amide bonds. The first-order chi connectivity index (χ1) is 11.1. The number of hydrogen-bond acceptors (Lipinski definition) is 3. The lowest BCUT2D eigenvalue weighted by atomic mass is 9.86. The van der Waals surface area contributed by atoms with E-state index in [0.29, 0.717) is 6.42 Å². The molecule has 3 fully saturated rings. The molecule has 3 aliphatic heterocycles. The Morgan fingerprint density at radius 2 is 1.91 bits per heavy atom. The zero-order valence-electron chi connectivity index (χ0n) is 13.6. The maximum Gasteiger partial charge on any atom is 0.320 e. The van der Waals surface area contributed by atoms with Gasteiger partial charge in [-0.25, -0.2) is 4.79 Å². The number of carbonyl (C=O) groups is 2. The molecule has 3 aliphatic rings. The third-order valence-corrected chi connectivity index (χ3v) is 6.42. The second-order valence-electron chi connectivity index (χ2n) is 7.19. The van der Waals surface area contributed by atoms with Gasteiger partial charge in [0.25, 0.3) is 0 Å². The lowest BCUT2D eigenvalue weighted by Gasteiger charge is -2.26. The second-order valence-corrected chi connectivity index (χ2v) is 8.46. The van der Waals surface area contributed by atoms with Crippen molar-refractivity contribution in [2.45, 2.75) is 32.6 Å². The van der Waals surface area contributed by atoms with E-state index >= 15 is 0 Å². The molecule has 0 unspecified atom stereocenters. The fourth-order valence-electron chi connectivity index (χ4n) is 4.14. The van der Waals surface area contributed by atoms with Gasteiger partial charge in [0.15, 0.2) is 0 Å². The highest BCUT2D eigenvalue weighted by Crippen LogP contribution is 2.43. The molecule has 124 valence electrons. The van der Waals surface area contributed by atoms with Gasteiger partial charge in [0, 0.05) is 49.4 Å². The highest BCUT2D eigenvalue weighted by Gasteiger charge is 2.49. The van der Waals surface area contributed by atoms with Crippen molar-refractivity contribution in [2.75, 3.05) is 37.6 Å². The van der Waals surface area contributed by atoms with Gasteiger partial charge >= 0.3 is 6.03 Å². The Balaban J connectivity index is 1.46. The molecule has 0 aliphatic carbocycles. The minimum absolute atomic E-state index is 0.0373. The van der Waals surface area contributed by atoms with Crippen LogP contribution in [0.1, 0.15) is 30.6 Å². The standard InChI is InChI=1S/C17H23N3O2S/c1-13-4-5-15(23-13)20-12-17(10-14(20)21)6-9-19(11-17)16(22)18-7-2-3-8-18/h4-5H,2-3,6-12H2,1H3/t17-/m1/s1. The molecule has 1 atom stereocenters. The first kappa shape index (κ1) is 15.0. The Labute approximate surface area is 140 Å². The summed E-state index contributed by atoms with van der Waals surface area (Å²) in [5.41, 5.74) is -0.0373. The molecule has 5 nitrogen and oxygen atoms in total. The minimum atomic E-state index is -0.0373. The van der Waals surface area contributed by atoms with Crippen molar-refractivity contribution in [1.82, 2.24) is 9.80 Å². The molecule has 6 heteroatoms. The number of likely N-dealkylation sites (tertiary alicyclic amines) is 2. The van der Waals surface area contributed by atoms with Crippen molar-refractivity contribution in [1.29, 1.82) is 0 Å². The van der Waals surface area contributed by atoms with E-state index in [-0.39, 0.29) is 17.4 Å². The van der Waals surface area contributed by atoms with E-state index in [2.05, 4.69) is 13.0 Å². The first-order valence-corrected chi connectivity index (χ1v) is 9.29. The third-order valence-electron chi connectivity index (χ3n) is 5.40. The quantitative estimate of drug-likeness (QED) is 0.793. The van der Waals surface area contributed by atoms with Crippen LogP contribution in [0, 0.1) is 12.3 Å². The number of rotatable bonds is 1. The van der Waals surface area contributed by atoms with Crippen LogP contribution < -0.4 is 4.90 Å². The van der Waals surface area contributed by atoms with Crippen molar-refractivity contribution in [2.24, 2.45) is 5.41 Å². The molecule has 1 aromatic heterocycles. The van der Waals surface area contributed by atoms with Gasteiger partial charge in [-0.3, -0.25) is 4.79 Å². The summed E-state index contributed by atoms with van der Waals surface area (Å²) in [4.78, 5) is 32.2. The molecular formula is C17H23N3O2S. The molecule has 1 spiro atoms. The summed E-state index contributed by atoms with van der Waals surface area (Å²) in [6, 6.07) is 4.28. The average Bonchev–Trinajstić information content (AvgIpc) is 3.28. The van der Waals surface area contributed by atoms with Gasteiger partial charge in [0.05, 0.1) is 5.00 Å². The topological polar surface area (TPSA) is 43.9 Å². The summed E-state index contributed by atoms with van der Waals surface area (Å²) in [6.45, 7) is 6.13. The van der Waals surface area contributed by atoms with E-state index in [4.69, 9.17) is 0 Å². The van der Waals surface area contributed by atoms with Crippen LogP contribution in [0.2, 0.25) is 0 Å². The van der Waals surface area contributed by atoms with E-state index in [9.17, 15) is 9.59 Å². The van der Waals surface area contributed by atoms with E-state index in [1.165, 1.54) is 4.88 Å². The predicted molar refractivity (Wildman–Crippen MR) is 90.9 cm³/mol. The molecule has 0 N–H and O–H groups in total. The maximum absolute atomic E-state index is 12.6. The zero-order chi connectivity index (χ0) is 16.0. The van der Waals surface area contributed by atoms with Crippen LogP contribution in [0.4, 0.5) is 9.80 Å². The van der Waals surface area contributed by atoms with Crippen molar-refractivity contribution in [3.05, 3.63) is 17.0 Å². The van der Waals surface area contributed by atoms with Crippen LogP contribution in [0.15, 0.2) is 12.1 Å². The fraction of sp³-hybridized carbons (Fsp3) is 0.647. The predicted octanol–water partition coefficient (Wildman–Crippen LogP) is 2.70. The molecule has 3 saturated heterocycles. The summed E-state index contributed by atoms with van der Waals surface area (Å²) in [5, 5.41) is 1.05. The summed E-state index contributed by atoms with van der Waals surface area (Å²) in [7, 11) is 0. The molecule has 23 heavy (non-hydrogen) atoms. The highest BCUT2D eigenvalue weighted by atomic mass is 32.1. The zero-order valence-corrected chi connectivity index (χ0v) is 14.4. The van der Waals surface area contributed by atoms with Crippen molar-refractivity contribution >= 4 is 28.3 Å². The monoisotopic (exact) mass is 333 g/mol. The number of urea groups is 1. The summed E-state index contributed by atoms with van der Waals surface area (Å²) in [5.74, 6) is 0.210. The first-order valence-electron chi connectivity index (χ1n) is 8.47. The van der Waals surface area contributed by atoms with Gasteiger partial charge in [0.2, 0.25) is 5.91 Å². The molecule has 0 radical (unpaired) electrons. The number of amides is 3. The van der Waals surface area contributed by atoms with Crippen LogP contribution >= 0.6 is 11.3 Å². The van der Waals surface area contributed by atoms with Gasteiger partial charge in [-0.1, -0.05) is 0 Å². The number of aryl methyl sites for hydroxylation is 1. The van der Waals surface area contributed by atoms with Gasteiger partial charge in [-0.15, -0.1) is 11.3 Å². The van der Waals surface area contributed by atoms with Gasteiger partial charge in [-0.2, -0.15) is 0 Å². The van der Waals surface area contributed by atoms with Crippen LogP contribution in [0.3, 0.4) is 0 Å². The van der Waals surface area contributed by atoms with Crippen LogP contribution in [0.25, 0.3) is 0 Å². The van der Waals surface area contributed by atoms with Crippen molar-refractivity contribution in [3.8, 4) is 0 Å². The van der Waals surface area contributed by atoms with Gasteiger partial charge in [0.1, 0.15) is 0 Å². The van der Waals surface area contributed by atoms with E-state index in [1.807, 2.05) is 20.8 Å². The number of hydrogen-bond donors (Lipinski definition) is 0. The largest absolute Gasteiger partial charge is 0.325 e. The van der Waals surface area contributed by atoms with Crippen LogP contribution in [0.5, 0.6) is 0 Å².